The molecule has 0 fully saturated rings. The Morgan fingerprint density at radius 3 is 2.50 bits per heavy atom. The SMILES string of the molecule is O=C(NCc1ccco1)c1nn(-c2ccc(F)cc2)c(=O)n(Cc2ccccc2Cl)c1=O. The van der Waals surface area contributed by atoms with Crippen LogP contribution < -0.4 is 16.6 Å². The molecule has 2 aromatic heterocycles. The van der Waals surface area contributed by atoms with Gasteiger partial charge in [0.15, 0.2) is 0 Å². The average molecular weight is 455 g/mol. The van der Waals surface area contributed by atoms with Gasteiger partial charge in [0.25, 0.3) is 11.5 Å². The van der Waals surface area contributed by atoms with Crippen LogP contribution in [-0.4, -0.2) is 20.3 Å². The molecule has 0 saturated heterocycles. The number of hydrogen-bond acceptors (Lipinski definition) is 5. The van der Waals surface area contributed by atoms with E-state index in [2.05, 4.69) is 10.4 Å². The number of rotatable bonds is 6. The van der Waals surface area contributed by atoms with Gasteiger partial charge in [-0.15, -0.1) is 0 Å². The fourth-order valence-corrected chi connectivity index (χ4v) is 3.20. The van der Waals surface area contributed by atoms with E-state index in [1.165, 1.54) is 18.4 Å². The minimum atomic E-state index is -0.884. The Morgan fingerprint density at radius 2 is 1.81 bits per heavy atom. The van der Waals surface area contributed by atoms with Crippen LogP contribution in [0.2, 0.25) is 5.02 Å². The largest absolute Gasteiger partial charge is 0.467 e. The van der Waals surface area contributed by atoms with Gasteiger partial charge in [-0.3, -0.25) is 14.2 Å². The topological polar surface area (TPSA) is 99.1 Å². The molecule has 4 rings (SSSR count). The molecule has 0 aliphatic carbocycles. The second-order valence-corrected chi connectivity index (χ2v) is 7.17. The van der Waals surface area contributed by atoms with Crippen molar-refractivity contribution in [3.8, 4) is 5.69 Å². The van der Waals surface area contributed by atoms with Crippen LogP contribution in [0.4, 0.5) is 4.39 Å². The summed E-state index contributed by atoms with van der Waals surface area (Å²) in [5.41, 5.74) is -1.50. The highest BCUT2D eigenvalue weighted by Gasteiger charge is 2.21. The van der Waals surface area contributed by atoms with Gasteiger partial charge in [-0.25, -0.2) is 9.18 Å². The summed E-state index contributed by atoms with van der Waals surface area (Å²) in [4.78, 5) is 38.9. The smallest absolute Gasteiger partial charge is 0.352 e. The van der Waals surface area contributed by atoms with E-state index >= 15 is 0 Å². The van der Waals surface area contributed by atoms with Gasteiger partial charge in [0.2, 0.25) is 5.69 Å². The van der Waals surface area contributed by atoms with E-state index in [0.717, 1.165) is 21.4 Å². The molecule has 1 amide bonds. The summed E-state index contributed by atoms with van der Waals surface area (Å²) in [6.45, 7) is -0.160. The number of nitrogens with zero attached hydrogens (tertiary/aromatic N) is 3. The fraction of sp³-hybridized carbons (Fsp3) is 0.0909. The van der Waals surface area contributed by atoms with Crippen LogP contribution in [0.3, 0.4) is 0 Å². The highest BCUT2D eigenvalue weighted by molar-refractivity contribution is 6.31. The molecule has 0 radical (unpaired) electrons. The molecule has 10 heteroatoms. The third-order valence-corrected chi connectivity index (χ3v) is 5.00. The quantitative estimate of drug-likeness (QED) is 0.483. The van der Waals surface area contributed by atoms with Crippen LogP contribution in [0.1, 0.15) is 21.8 Å². The lowest BCUT2D eigenvalue weighted by Gasteiger charge is -2.13. The number of hydrogen-bond donors (Lipinski definition) is 1. The number of amides is 1. The first kappa shape index (κ1) is 21.3. The lowest BCUT2D eigenvalue weighted by molar-refractivity contribution is 0.0938. The van der Waals surface area contributed by atoms with E-state index in [9.17, 15) is 18.8 Å². The van der Waals surface area contributed by atoms with Gasteiger partial charge in [-0.2, -0.15) is 9.78 Å². The van der Waals surface area contributed by atoms with E-state index < -0.39 is 28.7 Å². The molecule has 0 aliphatic heterocycles. The number of carbonyl (C=O) groups excluding carboxylic acids is 1. The Hall–Kier alpha value is -3.98. The van der Waals surface area contributed by atoms with Crippen molar-refractivity contribution in [3.05, 3.63) is 116 Å². The van der Waals surface area contributed by atoms with Crippen molar-refractivity contribution in [1.82, 2.24) is 19.7 Å². The molecule has 2 aromatic carbocycles. The van der Waals surface area contributed by atoms with Crippen molar-refractivity contribution in [2.24, 2.45) is 0 Å². The summed E-state index contributed by atoms with van der Waals surface area (Å²) in [5, 5.41) is 6.87. The highest BCUT2D eigenvalue weighted by Crippen LogP contribution is 2.15. The summed E-state index contributed by atoms with van der Waals surface area (Å²) in [6.07, 6.45) is 1.45. The second kappa shape index (κ2) is 9.03. The molecule has 4 aromatic rings. The molecular weight excluding hydrogens is 439 g/mol. The van der Waals surface area contributed by atoms with E-state index in [-0.39, 0.29) is 18.8 Å². The number of halogens is 2. The summed E-state index contributed by atoms with van der Waals surface area (Å²) < 4.78 is 20.3. The van der Waals surface area contributed by atoms with E-state index in [0.29, 0.717) is 16.3 Å². The predicted octanol–water partition coefficient (Wildman–Crippen LogP) is 2.76. The summed E-state index contributed by atoms with van der Waals surface area (Å²) in [6, 6.07) is 14.9. The summed E-state index contributed by atoms with van der Waals surface area (Å²) in [7, 11) is 0. The van der Waals surface area contributed by atoms with Crippen LogP contribution in [-0.2, 0) is 13.1 Å². The number of benzene rings is 2. The predicted molar refractivity (Wildman–Crippen MR) is 114 cm³/mol. The zero-order valence-corrected chi connectivity index (χ0v) is 17.3. The van der Waals surface area contributed by atoms with Gasteiger partial charge in [-0.1, -0.05) is 29.8 Å². The Bertz CT molecular complexity index is 1380. The standard InChI is InChI=1S/C22H16ClFN4O4/c23-18-6-2-1-4-14(18)13-27-21(30)19(20(29)25-12-17-5-3-11-32-17)26-28(22(27)31)16-9-7-15(24)8-10-16/h1-11H,12-13H2,(H,25,29). The maximum Gasteiger partial charge on any atom is 0.352 e. The number of furan rings is 1. The third-order valence-electron chi connectivity index (χ3n) is 4.64. The summed E-state index contributed by atoms with van der Waals surface area (Å²) >= 11 is 6.19. The van der Waals surface area contributed by atoms with Crippen LogP contribution in [0.15, 0.2) is 80.9 Å². The Kier molecular flexibility index (Phi) is 6.00. The lowest BCUT2D eigenvalue weighted by atomic mass is 10.2. The van der Waals surface area contributed by atoms with Crippen LogP contribution in [0.5, 0.6) is 0 Å². The molecular formula is C22H16ClFN4O4. The van der Waals surface area contributed by atoms with Gasteiger partial charge >= 0.3 is 5.69 Å². The van der Waals surface area contributed by atoms with E-state index in [1.54, 1.807) is 36.4 Å². The monoisotopic (exact) mass is 454 g/mol. The van der Waals surface area contributed by atoms with Gasteiger partial charge < -0.3 is 9.73 Å². The Labute approximate surface area is 185 Å². The first-order valence-corrected chi connectivity index (χ1v) is 9.86. The number of carbonyl (C=O) groups is 1. The Morgan fingerprint density at radius 1 is 1.06 bits per heavy atom. The normalized spacial score (nSPS) is 10.8. The average Bonchev–Trinajstić information content (AvgIpc) is 3.31. The van der Waals surface area contributed by atoms with E-state index in [1.807, 2.05) is 0 Å². The molecule has 0 bridgehead atoms. The first-order chi connectivity index (χ1) is 15.4. The molecule has 0 unspecified atom stereocenters. The maximum absolute atomic E-state index is 13.4. The third kappa shape index (κ3) is 4.37. The molecule has 0 atom stereocenters. The second-order valence-electron chi connectivity index (χ2n) is 6.76. The number of aromatic nitrogens is 3. The van der Waals surface area contributed by atoms with Crippen molar-refractivity contribution < 1.29 is 13.6 Å². The molecule has 0 spiro atoms. The van der Waals surface area contributed by atoms with Crippen LogP contribution in [0, 0.1) is 5.82 Å². The van der Waals surface area contributed by atoms with Crippen molar-refractivity contribution in [2.75, 3.05) is 0 Å². The van der Waals surface area contributed by atoms with Crippen LogP contribution >= 0.6 is 11.6 Å². The van der Waals surface area contributed by atoms with Crippen molar-refractivity contribution >= 4 is 17.5 Å². The van der Waals surface area contributed by atoms with E-state index in [4.69, 9.17) is 16.0 Å². The van der Waals surface area contributed by atoms with Crippen molar-refractivity contribution in [3.63, 3.8) is 0 Å². The number of nitrogens with one attached hydrogen (secondary N) is 1. The molecule has 32 heavy (non-hydrogen) atoms. The minimum Gasteiger partial charge on any atom is -0.467 e. The van der Waals surface area contributed by atoms with Gasteiger partial charge in [0, 0.05) is 5.02 Å². The van der Waals surface area contributed by atoms with Gasteiger partial charge in [0.1, 0.15) is 11.6 Å². The molecule has 8 nitrogen and oxygen atoms in total. The zero-order chi connectivity index (χ0) is 22.7. The van der Waals surface area contributed by atoms with Gasteiger partial charge in [0.05, 0.1) is 25.0 Å². The maximum atomic E-state index is 13.4. The fourth-order valence-electron chi connectivity index (χ4n) is 3.01. The minimum absolute atomic E-state index is 0.0210. The highest BCUT2D eigenvalue weighted by atomic mass is 35.5. The van der Waals surface area contributed by atoms with Crippen molar-refractivity contribution in [2.45, 2.75) is 13.1 Å². The molecule has 0 saturated carbocycles. The van der Waals surface area contributed by atoms with Gasteiger partial charge in [-0.05, 0) is 48.0 Å². The molecule has 0 aliphatic rings. The first-order valence-electron chi connectivity index (χ1n) is 9.48. The molecule has 2 heterocycles. The summed E-state index contributed by atoms with van der Waals surface area (Å²) in [5.74, 6) is -0.834. The zero-order valence-electron chi connectivity index (χ0n) is 16.5. The van der Waals surface area contributed by atoms with Crippen LogP contribution in [0.25, 0.3) is 5.69 Å². The molecule has 1 N–H and O–H groups in total. The Balaban J connectivity index is 1.81. The van der Waals surface area contributed by atoms with Crippen molar-refractivity contribution in [1.29, 1.82) is 0 Å². The lowest BCUT2D eigenvalue weighted by Crippen LogP contribution is -2.46. The molecule has 162 valence electrons.